The molecule has 0 aliphatic carbocycles. The van der Waals surface area contributed by atoms with Gasteiger partial charge < -0.3 is 30.4 Å². The smallest absolute Gasteiger partial charge is 0.408 e. The molecule has 0 spiro atoms. The van der Waals surface area contributed by atoms with Crippen molar-refractivity contribution in [1.29, 1.82) is 0 Å². The molecule has 40 heavy (non-hydrogen) atoms. The SMILES string of the molecule is CCc1c(NCC(C=O)NC(=O)OCc2ccccc2)ncnc1N1CCC(c2ccc3c(n2)NCCC3)CC1. The normalized spacial score (nSPS) is 15.9. The van der Waals surface area contributed by atoms with Crippen molar-refractivity contribution in [3.8, 4) is 0 Å². The van der Waals surface area contributed by atoms with Gasteiger partial charge in [-0.1, -0.05) is 43.3 Å². The van der Waals surface area contributed by atoms with Crippen molar-refractivity contribution in [1.82, 2.24) is 20.3 Å². The summed E-state index contributed by atoms with van der Waals surface area (Å²) in [7, 11) is 0. The highest BCUT2D eigenvalue weighted by molar-refractivity contribution is 5.73. The zero-order valence-corrected chi connectivity index (χ0v) is 22.9. The number of amides is 1. The van der Waals surface area contributed by atoms with Gasteiger partial charge in [0.05, 0.1) is 0 Å². The molecule has 2 aliphatic heterocycles. The summed E-state index contributed by atoms with van der Waals surface area (Å²) in [5.41, 5.74) is 4.35. The van der Waals surface area contributed by atoms with Crippen LogP contribution >= 0.6 is 0 Å². The van der Waals surface area contributed by atoms with E-state index in [2.05, 4.69) is 49.9 Å². The molecule has 210 valence electrons. The molecular weight excluding hydrogens is 506 g/mol. The van der Waals surface area contributed by atoms with Crippen molar-refractivity contribution in [2.24, 2.45) is 0 Å². The molecule has 5 rings (SSSR count). The number of carbonyl (C=O) groups is 2. The van der Waals surface area contributed by atoms with E-state index in [0.29, 0.717) is 18.0 Å². The number of hydrogen-bond donors (Lipinski definition) is 3. The number of carbonyl (C=O) groups excluding carboxylic acids is 2. The van der Waals surface area contributed by atoms with Gasteiger partial charge in [-0.25, -0.2) is 19.7 Å². The Morgan fingerprint density at radius 3 is 2.77 bits per heavy atom. The fourth-order valence-corrected chi connectivity index (χ4v) is 5.37. The van der Waals surface area contributed by atoms with E-state index in [0.717, 1.165) is 74.5 Å². The topological polar surface area (TPSA) is 121 Å². The predicted octanol–water partition coefficient (Wildman–Crippen LogP) is 4.08. The van der Waals surface area contributed by atoms with Crippen LogP contribution in [0.15, 0.2) is 48.8 Å². The summed E-state index contributed by atoms with van der Waals surface area (Å²) < 4.78 is 5.25. The lowest BCUT2D eigenvalue weighted by atomic mass is 9.92. The maximum absolute atomic E-state index is 12.2. The van der Waals surface area contributed by atoms with Gasteiger partial charge in [0.25, 0.3) is 0 Å². The number of nitrogens with zero attached hydrogens (tertiary/aromatic N) is 4. The van der Waals surface area contributed by atoms with Crippen molar-refractivity contribution in [2.45, 2.75) is 57.6 Å². The van der Waals surface area contributed by atoms with Crippen molar-refractivity contribution < 1.29 is 14.3 Å². The highest BCUT2D eigenvalue weighted by Crippen LogP contribution is 2.33. The lowest BCUT2D eigenvalue weighted by Gasteiger charge is -2.34. The number of nitrogens with one attached hydrogen (secondary N) is 3. The molecule has 1 atom stereocenters. The summed E-state index contributed by atoms with van der Waals surface area (Å²) in [6.07, 6.45) is 6.60. The van der Waals surface area contributed by atoms with Crippen LogP contribution < -0.4 is 20.9 Å². The molecule has 10 nitrogen and oxygen atoms in total. The summed E-state index contributed by atoms with van der Waals surface area (Å²) in [6.45, 7) is 5.15. The Morgan fingerprint density at radius 2 is 2.00 bits per heavy atom. The largest absolute Gasteiger partial charge is 0.445 e. The molecule has 10 heteroatoms. The summed E-state index contributed by atoms with van der Waals surface area (Å²) in [4.78, 5) is 40.2. The first-order chi connectivity index (χ1) is 19.6. The number of pyridine rings is 1. The third-order valence-electron chi connectivity index (χ3n) is 7.57. The first kappa shape index (κ1) is 27.4. The quantitative estimate of drug-likeness (QED) is 0.325. The second-order valence-electron chi connectivity index (χ2n) is 10.2. The number of ether oxygens (including phenoxy) is 1. The van der Waals surface area contributed by atoms with Crippen LogP contribution in [0.2, 0.25) is 0 Å². The Kier molecular flexibility index (Phi) is 9.05. The minimum Gasteiger partial charge on any atom is -0.445 e. The molecule has 1 saturated heterocycles. The number of alkyl carbamates (subject to hydrolysis) is 1. The van der Waals surface area contributed by atoms with Crippen LogP contribution in [0.4, 0.5) is 22.2 Å². The number of anilines is 3. The summed E-state index contributed by atoms with van der Waals surface area (Å²) >= 11 is 0. The van der Waals surface area contributed by atoms with Gasteiger partial charge in [-0.05, 0) is 49.3 Å². The maximum atomic E-state index is 12.2. The molecule has 0 radical (unpaired) electrons. The van der Waals surface area contributed by atoms with Crippen molar-refractivity contribution in [3.05, 3.63) is 71.2 Å². The van der Waals surface area contributed by atoms with Crippen molar-refractivity contribution in [3.63, 3.8) is 0 Å². The van der Waals surface area contributed by atoms with Gasteiger partial charge in [0.15, 0.2) is 0 Å². The minimum atomic E-state index is -0.763. The summed E-state index contributed by atoms with van der Waals surface area (Å²) in [5.74, 6) is 3.06. The van der Waals surface area contributed by atoms with Crippen LogP contribution in [-0.4, -0.2) is 59.6 Å². The minimum absolute atomic E-state index is 0.136. The van der Waals surface area contributed by atoms with Crippen LogP contribution in [0.3, 0.4) is 0 Å². The van der Waals surface area contributed by atoms with Crippen LogP contribution in [0.25, 0.3) is 0 Å². The van der Waals surface area contributed by atoms with E-state index in [1.165, 1.54) is 11.3 Å². The van der Waals surface area contributed by atoms with Gasteiger partial charge >= 0.3 is 6.09 Å². The lowest BCUT2D eigenvalue weighted by Crippen LogP contribution is -2.41. The monoisotopic (exact) mass is 543 g/mol. The van der Waals surface area contributed by atoms with E-state index in [-0.39, 0.29) is 13.2 Å². The van der Waals surface area contributed by atoms with E-state index in [1.807, 2.05) is 30.3 Å². The third kappa shape index (κ3) is 6.67. The Bertz CT molecular complexity index is 1300. The average Bonchev–Trinajstić information content (AvgIpc) is 3.02. The van der Waals surface area contributed by atoms with Crippen molar-refractivity contribution in [2.75, 3.05) is 41.7 Å². The average molecular weight is 544 g/mol. The Hall–Kier alpha value is -4.21. The number of benzene rings is 1. The standard InChI is InChI=1S/C30H37N7O3/c1-2-25-28(32-17-24(18-38)35-30(39)40-19-21-7-4-3-5-8-21)33-20-34-29(25)37-15-12-22(13-16-37)26-11-10-23-9-6-14-31-27(23)36-26/h3-5,7-8,10-11,18,20,22,24H,2,6,9,12-17,19H2,1H3,(H,31,36)(H,35,39)(H,32,33,34). The Morgan fingerprint density at radius 1 is 1.18 bits per heavy atom. The van der Waals surface area contributed by atoms with Crippen molar-refractivity contribution >= 4 is 29.8 Å². The lowest BCUT2D eigenvalue weighted by molar-refractivity contribution is -0.109. The molecule has 0 bridgehead atoms. The zero-order valence-electron chi connectivity index (χ0n) is 22.9. The van der Waals surface area contributed by atoms with E-state index in [4.69, 9.17) is 9.72 Å². The van der Waals surface area contributed by atoms with Gasteiger partial charge in [0.1, 0.15) is 42.7 Å². The zero-order chi connectivity index (χ0) is 27.7. The maximum Gasteiger partial charge on any atom is 0.408 e. The molecule has 1 fully saturated rings. The first-order valence-electron chi connectivity index (χ1n) is 14.1. The number of aryl methyl sites for hydroxylation is 1. The molecule has 3 N–H and O–H groups in total. The highest BCUT2D eigenvalue weighted by Gasteiger charge is 2.26. The number of aldehydes is 1. The van der Waals surface area contributed by atoms with Crippen LogP contribution in [-0.2, 0) is 29.0 Å². The van der Waals surface area contributed by atoms with E-state index >= 15 is 0 Å². The molecule has 3 aromatic rings. The summed E-state index contributed by atoms with van der Waals surface area (Å²) in [5, 5.41) is 9.30. The molecular formula is C30H37N7O3. The third-order valence-corrected chi connectivity index (χ3v) is 7.57. The number of fused-ring (bicyclic) bond motifs is 1. The number of hydrogen-bond acceptors (Lipinski definition) is 9. The van der Waals surface area contributed by atoms with E-state index in [9.17, 15) is 9.59 Å². The first-order valence-corrected chi connectivity index (χ1v) is 14.1. The van der Waals surface area contributed by atoms with E-state index < -0.39 is 12.1 Å². The van der Waals surface area contributed by atoms with Gasteiger partial charge in [-0.3, -0.25) is 0 Å². The highest BCUT2D eigenvalue weighted by atomic mass is 16.5. The fourth-order valence-electron chi connectivity index (χ4n) is 5.37. The number of aromatic nitrogens is 3. The molecule has 4 heterocycles. The molecule has 2 aromatic heterocycles. The molecule has 2 aliphatic rings. The molecule has 0 saturated carbocycles. The summed E-state index contributed by atoms with van der Waals surface area (Å²) in [6, 6.07) is 13.1. The van der Waals surface area contributed by atoms with Crippen LogP contribution in [0.1, 0.15) is 54.5 Å². The van der Waals surface area contributed by atoms with Gasteiger partial charge in [0, 0.05) is 43.4 Å². The number of piperidine rings is 1. The molecule has 1 unspecified atom stereocenters. The molecule has 1 aromatic carbocycles. The molecule has 1 amide bonds. The second kappa shape index (κ2) is 13.2. The van der Waals surface area contributed by atoms with Gasteiger partial charge in [0.2, 0.25) is 0 Å². The Labute approximate surface area is 235 Å². The van der Waals surface area contributed by atoms with Gasteiger partial charge in [-0.2, -0.15) is 0 Å². The van der Waals surface area contributed by atoms with E-state index in [1.54, 1.807) is 6.33 Å². The number of rotatable bonds is 10. The Balaban J connectivity index is 1.16. The van der Waals surface area contributed by atoms with Crippen LogP contribution in [0, 0.1) is 0 Å². The second-order valence-corrected chi connectivity index (χ2v) is 10.2. The predicted molar refractivity (Wildman–Crippen MR) is 155 cm³/mol. The van der Waals surface area contributed by atoms with Gasteiger partial charge in [-0.15, -0.1) is 0 Å². The van der Waals surface area contributed by atoms with Crippen LogP contribution in [0.5, 0.6) is 0 Å². The fraction of sp³-hybridized carbons (Fsp3) is 0.433.